The number of hydrogen-bond acceptors (Lipinski definition) is 3. The molecular formula is C19H16ClF3N4. The Morgan fingerprint density at radius 2 is 1.85 bits per heavy atom. The number of benzene rings is 1. The zero-order chi connectivity index (χ0) is 19.0. The molecule has 3 aromatic rings. The van der Waals surface area contributed by atoms with E-state index in [9.17, 15) is 13.2 Å². The van der Waals surface area contributed by atoms with Crippen molar-refractivity contribution in [3.8, 4) is 16.9 Å². The summed E-state index contributed by atoms with van der Waals surface area (Å²) in [5.74, 6) is 0.695. The molecule has 1 aromatic carbocycles. The fourth-order valence-corrected chi connectivity index (χ4v) is 3.47. The van der Waals surface area contributed by atoms with Crippen molar-refractivity contribution in [3.05, 3.63) is 58.9 Å². The molecule has 0 radical (unpaired) electrons. The molecule has 0 aliphatic carbocycles. The predicted octanol–water partition coefficient (Wildman–Crippen LogP) is 5.35. The van der Waals surface area contributed by atoms with Gasteiger partial charge in [-0.1, -0.05) is 11.6 Å². The largest absolute Gasteiger partial charge is 0.416 e. The first-order valence-corrected chi connectivity index (χ1v) is 8.96. The van der Waals surface area contributed by atoms with E-state index in [2.05, 4.69) is 15.4 Å². The van der Waals surface area contributed by atoms with E-state index >= 15 is 0 Å². The molecular weight excluding hydrogens is 377 g/mol. The van der Waals surface area contributed by atoms with Crippen LogP contribution in [-0.2, 0) is 12.6 Å². The van der Waals surface area contributed by atoms with Crippen LogP contribution in [0.15, 0.2) is 42.7 Å². The van der Waals surface area contributed by atoms with Crippen molar-refractivity contribution in [2.24, 2.45) is 0 Å². The van der Waals surface area contributed by atoms with Crippen LogP contribution in [-0.4, -0.2) is 21.3 Å². The third kappa shape index (κ3) is 3.39. The van der Waals surface area contributed by atoms with Crippen LogP contribution in [0.25, 0.3) is 16.9 Å². The predicted molar refractivity (Wildman–Crippen MR) is 98.2 cm³/mol. The highest BCUT2D eigenvalue weighted by molar-refractivity contribution is 6.32. The van der Waals surface area contributed by atoms with Crippen molar-refractivity contribution in [2.75, 3.05) is 11.9 Å². The van der Waals surface area contributed by atoms with Crippen LogP contribution < -0.4 is 5.32 Å². The average molecular weight is 393 g/mol. The van der Waals surface area contributed by atoms with Crippen LogP contribution >= 0.6 is 11.6 Å². The van der Waals surface area contributed by atoms with Gasteiger partial charge in [0.15, 0.2) is 0 Å². The summed E-state index contributed by atoms with van der Waals surface area (Å²) in [4.78, 5) is 4.02. The second kappa shape index (κ2) is 6.88. The second-order valence-corrected chi connectivity index (χ2v) is 6.78. The number of aromatic nitrogens is 3. The van der Waals surface area contributed by atoms with Gasteiger partial charge >= 0.3 is 6.18 Å². The summed E-state index contributed by atoms with van der Waals surface area (Å²) >= 11 is 6.25. The molecule has 3 heterocycles. The Morgan fingerprint density at radius 1 is 1.07 bits per heavy atom. The molecule has 0 bridgehead atoms. The minimum atomic E-state index is -4.45. The van der Waals surface area contributed by atoms with Crippen LogP contribution in [0.3, 0.4) is 0 Å². The molecule has 0 saturated heterocycles. The Morgan fingerprint density at radius 3 is 2.59 bits per heavy atom. The monoisotopic (exact) mass is 392 g/mol. The van der Waals surface area contributed by atoms with Gasteiger partial charge in [0.25, 0.3) is 0 Å². The second-order valence-electron chi connectivity index (χ2n) is 6.37. The van der Waals surface area contributed by atoms with Gasteiger partial charge in [0.2, 0.25) is 0 Å². The first-order chi connectivity index (χ1) is 12.9. The van der Waals surface area contributed by atoms with E-state index in [4.69, 9.17) is 11.6 Å². The van der Waals surface area contributed by atoms with Gasteiger partial charge in [-0.25, -0.2) is 4.68 Å². The molecule has 0 fully saturated rings. The first kappa shape index (κ1) is 17.9. The summed E-state index contributed by atoms with van der Waals surface area (Å²) in [6.45, 7) is 0.727. The van der Waals surface area contributed by atoms with Crippen molar-refractivity contribution in [1.82, 2.24) is 14.8 Å². The first-order valence-electron chi connectivity index (χ1n) is 8.58. The van der Waals surface area contributed by atoms with Gasteiger partial charge in [-0.05, 0) is 49.6 Å². The van der Waals surface area contributed by atoms with E-state index in [0.29, 0.717) is 5.82 Å². The Bertz CT molecular complexity index is 967. The van der Waals surface area contributed by atoms with E-state index < -0.39 is 11.7 Å². The average Bonchev–Trinajstić information content (AvgIpc) is 2.83. The number of fused-ring (bicyclic) bond motifs is 1. The molecule has 140 valence electrons. The lowest BCUT2D eigenvalue weighted by atomic mass is 10.0. The topological polar surface area (TPSA) is 42.7 Å². The van der Waals surface area contributed by atoms with Crippen molar-refractivity contribution in [2.45, 2.75) is 25.4 Å². The van der Waals surface area contributed by atoms with E-state index in [1.165, 1.54) is 10.7 Å². The molecule has 0 amide bonds. The minimum Gasteiger partial charge on any atom is -0.370 e. The highest BCUT2D eigenvalue weighted by Crippen LogP contribution is 2.38. The molecule has 0 unspecified atom stereocenters. The number of anilines is 1. The molecule has 0 atom stereocenters. The van der Waals surface area contributed by atoms with Gasteiger partial charge in [-0.15, -0.1) is 0 Å². The quantitative estimate of drug-likeness (QED) is 0.638. The van der Waals surface area contributed by atoms with Gasteiger partial charge < -0.3 is 5.32 Å². The van der Waals surface area contributed by atoms with E-state index in [1.807, 2.05) is 12.1 Å². The molecule has 2 aromatic heterocycles. The molecule has 0 spiro atoms. The standard InChI is InChI=1S/C19H16ClF3N4/c20-15-5-4-13(19(21,22)23)11-16(15)27-18-14(3-1-2-8-25-18)17(26-27)12-6-9-24-10-7-12/h4-7,9-11,25H,1-3,8H2. The van der Waals surface area contributed by atoms with E-state index in [0.717, 1.165) is 54.8 Å². The fraction of sp³-hybridized carbons (Fsp3) is 0.263. The summed E-state index contributed by atoms with van der Waals surface area (Å²) in [7, 11) is 0. The minimum absolute atomic E-state index is 0.206. The van der Waals surface area contributed by atoms with Crippen LogP contribution in [0.5, 0.6) is 0 Å². The smallest absolute Gasteiger partial charge is 0.370 e. The number of hydrogen-bond donors (Lipinski definition) is 1. The molecule has 1 N–H and O–H groups in total. The summed E-state index contributed by atoms with van der Waals surface area (Å²) in [5.41, 5.74) is 2.02. The van der Waals surface area contributed by atoms with Crippen LogP contribution in [0.4, 0.5) is 19.0 Å². The number of nitrogens with one attached hydrogen (secondary N) is 1. The van der Waals surface area contributed by atoms with Crippen molar-refractivity contribution >= 4 is 17.4 Å². The Labute approximate surface area is 159 Å². The van der Waals surface area contributed by atoms with Gasteiger partial charge in [0.1, 0.15) is 5.82 Å². The maximum atomic E-state index is 13.2. The number of pyridine rings is 1. The Kier molecular flexibility index (Phi) is 4.55. The number of nitrogens with zero attached hydrogens (tertiary/aromatic N) is 3. The highest BCUT2D eigenvalue weighted by atomic mass is 35.5. The third-order valence-corrected chi connectivity index (χ3v) is 4.90. The maximum absolute atomic E-state index is 13.2. The normalized spacial score (nSPS) is 14.4. The number of halogens is 4. The highest BCUT2D eigenvalue weighted by Gasteiger charge is 2.32. The molecule has 8 heteroatoms. The molecule has 4 rings (SSSR count). The van der Waals surface area contributed by atoms with Crippen molar-refractivity contribution in [3.63, 3.8) is 0 Å². The lowest BCUT2D eigenvalue weighted by Crippen LogP contribution is -2.10. The SMILES string of the molecule is FC(F)(F)c1ccc(Cl)c(-n2nc(-c3ccncc3)c3c2NCCCC3)c1. The maximum Gasteiger partial charge on any atom is 0.416 e. The molecule has 1 aliphatic heterocycles. The lowest BCUT2D eigenvalue weighted by Gasteiger charge is -2.13. The van der Waals surface area contributed by atoms with Gasteiger partial charge in [0.05, 0.1) is 22.0 Å². The Hall–Kier alpha value is -2.54. The van der Waals surface area contributed by atoms with Crippen LogP contribution in [0.1, 0.15) is 24.0 Å². The summed E-state index contributed by atoms with van der Waals surface area (Å²) in [6, 6.07) is 6.96. The molecule has 1 aliphatic rings. The molecule has 0 saturated carbocycles. The summed E-state index contributed by atoms with van der Waals surface area (Å²) < 4.78 is 41.1. The van der Waals surface area contributed by atoms with E-state index in [1.54, 1.807) is 12.4 Å². The van der Waals surface area contributed by atoms with Gasteiger partial charge in [-0.3, -0.25) is 4.98 Å². The zero-order valence-corrected chi connectivity index (χ0v) is 15.0. The lowest BCUT2D eigenvalue weighted by molar-refractivity contribution is -0.137. The van der Waals surface area contributed by atoms with Gasteiger partial charge in [0, 0.05) is 30.1 Å². The van der Waals surface area contributed by atoms with E-state index in [-0.39, 0.29) is 10.7 Å². The van der Waals surface area contributed by atoms with Gasteiger partial charge in [-0.2, -0.15) is 18.3 Å². The van der Waals surface area contributed by atoms with Crippen LogP contribution in [0, 0.1) is 0 Å². The summed E-state index contributed by atoms with van der Waals surface area (Å²) in [5, 5.41) is 8.15. The summed E-state index contributed by atoms with van der Waals surface area (Å²) in [6.07, 6.45) is 1.62. The fourth-order valence-electron chi connectivity index (χ4n) is 3.27. The van der Waals surface area contributed by atoms with Crippen LogP contribution in [0.2, 0.25) is 5.02 Å². The van der Waals surface area contributed by atoms with Crippen molar-refractivity contribution < 1.29 is 13.2 Å². The zero-order valence-electron chi connectivity index (χ0n) is 14.2. The number of alkyl halides is 3. The van der Waals surface area contributed by atoms with Crippen molar-refractivity contribution in [1.29, 1.82) is 0 Å². The Balaban J connectivity index is 1.93. The third-order valence-electron chi connectivity index (χ3n) is 4.58. The number of rotatable bonds is 2. The molecule has 27 heavy (non-hydrogen) atoms. The molecule has 4 nitrogen and oxygen atoms in total.